The lowest BCUT2D eigenvalue weighted by Crippen LogP contribution is -2.23. The number of methoxy groups -OCH3 is 1. The molecule has 3 nitrogen and oxygen atoms in total. The number of ether oxygens (including phenoxy) is 2. The first-order chi connectivity index (χ1) is 7.13. The highest BCUT2D eigenvalue weighted by Gasteiger charge is 2.01. The summed E-state index contributed by atoms with van der Waals surface area (Å²) in [5.41, 5.74) is 1.22. The molecular formula is C12H17NO2. The van der Waals surface area contributed by atoms with Gasteiger partial charge < -0.3 is 14.4 Å². The number of aryl methyl sites for hydroxylation is 1. The minimum Gasteiger partial charge on any atom is -0.483 e. The Kier molecular flexibility index (Phi) is 4.03. The molecule has 0 atom stereocenters. The van der Waals surface area contributed by atoms with Crippen LogP contribution < -0.4 is 4.74 Å². The third-order valence-electron chi connectivity index (χ3n) is 2.11. The Bertz CT molecular complexity index is 319. The number of hydrogen-bond donors (Lipinski definition) is 0. The molecule has 0 aliphatic rings. The maximum Gasteiger partial charge on any atom is 0.183 e. The van der Waals surface area contributed by atoms with Crippen molar-refractivity contribution in [2.45, 2.75) is 6.92 Å². The molecule has 0 spiro atoms. The maximum atomic E-state index is 5.53. The molecule has 0 aromatic heterocycles. The van der Waals surface area contributed by atoms with Crippen LogP contribution in [0.3, 0.4) is 0 Å². The van der Waals surface area contributed by atoms with Gasteiger partial charge in [0.1, 0.15) is 5.75 Å². The Morgan fingerprint density at radius 2 is 1.93 bits per heavy atom. The van der Waals surface area contributed by atoms with Crippen molar-refractivity contribution in [1.29, 1.82) is 0 Å². The minimum atomic E-state index is 0.426. The second-order valence-corrected chi connectivity index (χ2v) is 3.38. The molecule has 3 heteroatoms. The van der Waals surface area contributed by atoms with E-state index in [1.165, 1.54) is 5.56 Å². The van der Waals surface area contributed by atoms with E-state index in [1.807, 2.05) is 38.2 Å². The highest BCUT2D eigenvalue weighted by molar-refractivity contribution is 5.26. The van der Waals surface area contributed by atoms with Crippen molar-refractivity contribution in [1.82, 2.24) is 4.90 Å². The molecule has 15 heavy (non-hydrogen) atoms. The van der Waals surface area contributed by atoms with E-state index >= 15 is 0 Å². The number of benzene rings is 1. The fourth-order valence-corrected chi connectivity index (χ4v) is 1.03. The molecule has 0 saturated carbocycles. The summed E-state index contributed by atoms with van der Waals surface area (Å²) in [6, 6.07) is 7.92. The van der Waals surface area contributed by atoms with Gasteiger partial charge in [-0.3, -0.25) is 0 Å². The fourth-order valence-electron chi connectivity index (χ4n) is 1.03. The summed E-state index contributed by atoms with van der Waals surface area (Å²) >= 11 is 0. The van der Waals surface area contributed by atoms with Crippen molar-refractivity contribution in [2.75, 3.05) is 20.9 Å². The van der Waals surface area contributed by atoms with Gasteiger partial charge in [0.15, 0.2) is 12.6 Å². The average Bonchev–Trinajstić information content (AvgIpc) is 2.26. The first-order valence-corrected chi connectivity index (χ1v) is 4.77. The van der Waals surface area contributed by atoms with E-state index in [1.54, 1.807) is 12.0 Å². The van der Waals surface area contributed by atoms with Crippen molar-refractivity contribution in [3.8, 4) is 5.75 Å². The maximum absolute atomic E-state index is 5.53. The van der Waals surface area contributed by atoms with Gasteiger partial charge in [-0.1, -0.05) is 17.7 Å². The van der Waals surface area contributed by atoms with Gasteiger partial charge in [-0.15, -0.1) is 0 Å². The summed E-state index contributed by atoms with van der Waals surface area (Å²) < 4.78 is 10.5. The predicted octanol–water partition coefficient (Wildman–Crippen LogP) is 2.38. The zero-order valence-corrected chi connectivity index (χ0v) is 9.49. The molecule has 0 aliphatic carbocycles. The van der Waals surface area contributed by atoms with E-state index in [0.29, 0.717) is 12.6 Å². The molecule has 1 rings (SSSR count). The Labute approximate surface area is 90.9 Å². The molecule has 0 radical (unpaired) electrons. The zero-order chi connectivity index (χ0) is 11.3. The van der Waals surface area contributed by atoms with Crippen molar-refractivity contribution < 1.29 is 9.47 Å². The molecule has 0 N–H and O–H groups in total. The van der Waals surface area contributed by atoms with Crippen LogP contribution in [0, 0.1) is 6.92 Å². The van der Waals surface area contributed by atoms with Gasteiger partial charge in [-0.25, -0.2) is 0 Å². The smallest absolute Gasteiger partial charge is 0.183 e. The van der Waals surface area contributed by atoms with E-state index < -0.39 is 0 Å². The molecule has 0 unspecified atom stereocenters. The molecule has 0 heterocycles. The van der Waals surface area contributed by atoms with E-state index in [9.17, 15) is 0 Å². The van der Waals surface area contributed by atoms with E-state index in [0.717, 1.165) is 5.75 Å². The molecule has 1 aromatic carbocycles. The van der Waals surface area contributed by atoms with Crippen molar-refractivity contribution in [3.63, 3.8) is 0 Å². The quantitative estimate of drug-likeness (QED) is 0.546. The van der Waals surface area contributed by atoms with Gasteiger partial charge in [0.05, 0.1) is 7.11 Å². The van der Waals surface area contributed by atoms with Crippen LogP contribution in [0.1, 0.15) is 5.56 Å². The zero-order valence-electron chi connectivity index (χ0n) is 9.49. The van der Waals surface area contributed by atoms with Crippen molar-refractivity contribution >= 4 is 0 Å². The molecule has 0 bridgehead atoms. The normalized spacial score (nSPS) is 9.53. The second-order valence-electron chi connectivity index (χ2n) is 3.38. The van der Waals surface area contributed by atoms with Crippen LogP contribution in [-0.2, 0) is 4.74 Å². The second kappa shape index (κ2) is 5.29. The van der Waals surface area contributed by atoms with Crippen LogP contribution in [0.15, 0.2) is 36.7 Å². The summed E-state index contributed by atoms with van der Waals surface area (Å²) in [6.07, 6.45) is 0. The Morgan fingerprint density at radius 1 is 1.33 bits per heavy atom. The van der Waals surface area contributed by atoms with Crippen LogP contribution >= 0.6 is 0 Å². The third-order valence-corrected chi connectivity index (χ3v) is 2.11. The van der Waals surface area contributed by atoms with Crippen molar-refractivity contribution in [3.05, 3.63) is 42.3 Å². The minimum absolute atomic E-state index is 0.426. The highest BCUT2D eigenvalue weighted by Crippen LogP contribution is 2.12. The van der Waals surface area contributed by atoms with Gasteiger partial charge in [0.2, 0.25) is 0 Å². The summed E-state index contributed by atoms with van der Waals surface area (Å²) in [6.45, 7) is 6.19. The van der Waals surface area contributed by atoms with Gasteiger partial charge in [-0.05, 0) is 25.6 Å². The molecule has 82 valence electrons. The van der Waals surface area contributed by atoms with Crippen LogP contribution in [0.5, 0.6) is 5.75 Å². The van der Waals surface area contributed by atoms with Crippen LogP contribution in [0.25, 0.3) is 0 Å². The largest absolute Gasteiger partial charge is 0.483 e. The third kappa shape index (κ3) is 3.54. The standard InChI is InChI=1S/C12H17NO2/c1-10-5-7-12(8-6-10)15-9-13(3)11(2)14-4/h5-8H,2,9H2,1,3-4H3. The predicted molar refractivity (Wildman–Crippen MR) is 60.6 cm³/mol. The molecular weight excluding hydrogens is 190 g/mol. The van der Waals surface area contributed by atoms with E-state index in [-0.39, 0.29) is 0 Å². The summed E-state index contributed by atoms with van der Waals surface area (Å²) in [5.74, 6) is 1.43. The lowest BCUT2D eigenvalue weighted by atomic mass is 10.2. The molecule has 1 aromatic rings. The summed E-state index contributed by atoms with van der Waals surface area (Å²) in [4.78, 5) is 1.79. The van der Waals surface area contributed by atoms with E-state index in [2.05, 4.69) is 6.58 Å². The van der Waals surface area contributed by atoms with Crippen molar-refractivity contribution in [2.24, 2.45) is 0 Å². The molecule has 0 saturated heterocycles. The highest BCUT2D eigenvalue weighted by atomic mass is 16.5. The average molecular weight is 207 g/mol. The monoisotopic (exact) mass is 207 g/mol. The first-order valence-electron chi connectivity index (χ1n) is 4.77. The van der Waals surface area contributed by atoms with Gasteiger partial charge in [0.25, 0.3) is 0 Å². The number of rotatable bonds is 5. The number of nitrogens with zero attached hydrogens (tertiary/aromatic N) is 1. The topological polar surface area (TPSA) is 21.7 Å². The summed E-state index contributed by atoms with van der Waals surface area (Å²) in [7, 11) is 3.45. The lowest BCUT2D eigenvalue weighted by molar-refractivity contribution is 0.105. The Morgan fingerprint density at radius 3 is 2.47 bits per heavy atom. The Balaban J connectivity index is 2.43. The number of hydrogen-bond acceptors (Lipinski definition) is 3. The van der Waals surface area contributed by atoms with E-state index in [4.69, 9.17) is 9.47 Å². The fraction of sp³-hybridized carbons (Fsp3) is 0.333. The lowest BCUT2D eigenvalue weighted by Gasteiger charge is -2.20. The van der Waals surface area contributed by atoms with Crippen LogP contribution in [0.4, 0.5) is 0 Å². The molecule has 0 aliphatic heterocycles. The van der Waals surface area contributed by atoms with Gasteiger partial charge in [0, 0.05) is 7.05 Å². The van der Waals surface area contributed by atoms with Crippen LogP contribution in [-0.4, -0.2) is 25.8 Å². The Hall–Kier alpha value is -1.64. The van der Waals surface area contributed by atoms with Crippen LogP contribution in [0.2, 0.25) is 0 Å². The molecule has 0 amide bonds. The SMILES string of the molecule is C=C(OC)N(C)COc1ccc(C)cc1. The van der Waals surface area contributed by atoms with Gasteiger partial charge >= 0.3 is 0 Å². The summed E-state index contributed by atoms with van der Waals surface area (Å²) in [5, 5.41) is 0. The van der Waals surface area contributed by atoms with Gasteiger partial charge in [-0.2, -0.15) is 0 Å². The first kappa shape index (κ1) is 11.4. The molecule has 0 fully saturated rings.